The highest BCUT2D eigenvalue weighted by molar-refractivity contribution is 5.77. The van der Waals surface area contributed by atoms with E-state index in [1.54, 1.807) is 0 Å². The third-order valence-corrected chi connectivity index (χ3v) is 4.63. The lowest BCUT2D eigenvalue weighted by Gasteiger charge is -2.32. The molecule has 0 bridgehead atoms. The minimum Gasteiger partial charge on any atom is -0.369 e. The third kappa shape index (κ3) is 2.66. The smallest absolute Gasteiger partial charge is 0.222 e. The summed E-state index contributed by atoms with van der Waals surface area (Å²) in [4.78, 5) is 11.5. The van der Waals surface area contributed by atoms with Crippen LogP contribution >= 0.6 is 0 Å². The molecule has 102 valence electrons. The lowest BCUT2D eigenvalue weighted by atomic mass is 9.83. The molecule has 0 spiro atoms. The predicted octanol–water partition coefficient (Wildman–Crippen LogP) is 1.79. The fourth-order valence-corrected chi connectivity index (χ4v) is 3.65. The molecule has 2 aliphatic rings. The quantitative estimate of drug-likeness (QED) is 0.868. The molecule has 3 heteroatoms. The highest BCUT2D eigenvalue weighted by Gasteiger charge is 2.32. The largest absolute Gasteiger partial charge is 0.369 e. The summed E-state index contributed by atoms with van der Waals surface area (Å²) in [5, 5.41) is 3.70. The van der Waals surface area contributed by atoms with Gasteiger partial charge in [0.2, 0.25) is 5.91 Å². The minimum absolute atomic E-state index is 0.0254. The van der Waals surface area contributed by atoms with Crippen molar-refractivity contribution in [3.05, 3.63) is 35.4 Å². The van der Waals surface area contributed by atoms with Crippen LogP contribution in [0.5, 0.6) is 0 Å². The molecular weight excluding hydrogens is 236 g/mol. The maximum Gasteiger partial charge on any atom is 0.222 e. The van der Waals surface area contributed by atoms with Crippen LogP contribution in [0, 0.1) is 5.92 Å². The second-order valence-corrected chi connectivity index (χ2v) is 5.94. The summed E-state index contributed by atoms with van der Waals surface area (Å²) in [7, 11) is 0. The number of hydrogen-bond donors (Lipinski definition) is 2. The fraction of sp³-hybridized carbons (Fsp3) is 0.562. The number of carbonyl (C=O) groups excluding carboxylic acids is 1. The number of nitrogens with two attached hydrogens (primary N) is 1. The first-order chi connectivity index (χ1) is 9.24. The number of benzene rings is 1. The van der Waals surface area contributed by atoms with Crippen molar-refractivity contribution >= 4 is 5.91 Å². The van der Waals surface area contributed by atoms with E-state index in [2.05, 4.69) is 29.6 Å². The number of nitrogens with one attached hydrogen (secondary N) is 1. The van der Waals surface area contributed by atoms with Gasteiger partial charge in [0.15, 0.2) is 0 Å². The molecule has 1 amide bonds. The fourth-order valence-electron chi connectivity index (χ4n) is 3.65. The number of amides is 1. The summed E-state index contributed by atoms with van der Waals surface area (Å²) in [6.45, 7) is 0. The van der Waals surface area contributed by atoms with Crippen molar-refractivity contribution in [1.82, 2.24) is 5.32 Å². The standard InChI is InChI=1S/C16H22N2O/c17-16(19)14-7-3-4-8-15(14)18-13-9-11-5-1-2-6-12(11)10-13/h1-2,5-6,13-15,18H,3-4,7-10H2,(H2,17,19)/t14-,15-/m0/s1. The van der Waals surface area contributed by atoms with Gasteiger partial charge >= 0.3 is 0 Å². The third-order valence-electron chi connectivity index (χ3n) is 4.63. The molecule has 2 aliphatic carbocycles. The Hall–Kier alpha value is -1.35. The molecule has 3 nitrogen and oxygen atoms in total. The van der Waals surface area contributed by atoms with Gasteiger partial charge in [-0.3, -0.25) is 4.79 Å². The molecule has 0 radical (unpaired) electrons. The molecule has 0 aliphatic heterocycles. The maximum atomic E-state index is 11.5. The van der Waals surface area contributed by atoms with Crippen LogP contribution in [0.25, 0.3) is 0 Å². The van der Waals surface area contributed by atoms with Gasteiger partial charge in [-0.1, -0.05) is 37.1 Å². The highest BCUT2D eigenvalue weighted by atomic mass is 16.1. The normalized spacial score (nSPS) is 27.2. The van der Waals surface area contributed by atoms with Crippen molar-refractivity contribution in [3.8, 4) is 0 Å². The summed E-state index contributed by atoms with van der Waals surface area (Å²) >= 11 is 0. The van der Waals surface area contributed by atoms with Gasteiger partial charge in [0.05, 0.1) is 5.92 Å². The first-order valence-electron chi connectivity index (χ1n) is 7.36. The van der Waals surface area contributed by atoms with Crippen molar-refractivity contribution < 1.29 is 4.79 Å². The molecule has 0 heterocycles. The van der Waals surface area contributed by atoms with Crippen LogP contribution in [0.4, 0.5) is 0 Å². The van der Waals surface area contributed by atoms with Crippen LogP contribution in [0.15, 0.2) is 24.3 Å². The van der Waals surface area contributed by atoms with Gasteiger partial charge in [-0.15, -0.1) is 0 Å². The van der Waals surface area contributed by atoms with E-state index in [0.29, 0.717) is 6.04 Å². The molecule has 0 aromatic heterocycles. The summed E-state index contributed by atoms with van der Waals surface area (Å²) in [6.07, 6.45) is 6.54. The van der Waals surface area contributed by atoms with Crippen LogP contribution in [0.3, 0.4) is 0 Å². The second kappa shape index (κ2) is 5.33. The van der Waals surface area contributed by atoms with Crippen molar-refractivity contribution in [2.45, 2.75) is 50.6 Å². The maximum absolute atomic E-state index is 11.5. The van der Waals surface area contributed by atoms with Crippen LogP contribution in [0.2, 0.25) is 0 Å². The van der Waals surface area contributed by atoms with Gasteiger partial charge in [-0.05, 0) is 36.8 Å². The number of hydrogen-bond acceptors (Lipinski definition) is 2. The van der Waals surface area contributed by atoms with Gasteiger partial charge in [0, 0.05) is 12.1 Å². The molecule has 1 saturated carbocycles. The minimum atomic E-state index is -0.132. The Morgan fingerprint density at radius 3 is 2.37 bits per heavy atom. The molecule has 1 aromatic rings. The van der Waals surface area contributed by atoms with E-state index in [1.807, 2.05) is 0 Å². The molecule has 3 rings (SSSR count). The summed E-state index contributed by atoms with van der Waals surface area (Å²) < 4.78 is 0. The summed E-state index contributed by atoms with van der Waals surface area (Å²) in [5.41, 5.74) is 8.44. The van der Waals surface area contributed by atoms with Gasteiger partial charge in [-0.2, -0.15) is 0 Å². The average molecular weight is 258 g/mol. The van der Waals surface area contributed by atoms with Crippen LogP contribution in [0.1, 0.15) is 36.8 Å². The zero-order valence-electron chi connectivity index (χ0n) is 11.3. The monoisotopic (exact) mass is 258 g/mol. The van der Waals surface area contributed by atoms with Gasteiger partial charge in [0.25, 0.3) is 0 Å². The van der Waals surface area contributed by atoms with Gasteiger partial charge in [-0.25, -0.2) is 0 Å². The predicted molar refractivity (Wildman–Crippen MR) is 75.7 cm³/mol. The van der Waals surface area contributed by atoms with E-state index in [-0.39, 0.29) is 17.9 Å². The molecule has 1 aromatic carbocycles. The second-order valence-electron chi connectivity index (χ2n) is 5.94. The average Bonchev–Trinajstić information content (AvgIpc) is 2.81. The Labute approximate surface area is 114 Å². The molecule has 19 heavy (non-hydrogen) atoms. The molecule has 3 N–H and O–H groups in total. The van der Waals surface area contributed by atoms with Crippen LogP contribution in [-0.4, -0.2) is 18.0 Å². The molecular formula is C16H22N2O. The molecule has 0 saturated heterocycles. The van der Waals surface area contributed by atoms with Crippen LogP contribution in [-0.2, 0) is 17.6 Å². The Morgan fingerprint density at radius 1 is 1.11 bits per heavy atom. The molecule has 0 unspecified atom stereocenters. The number of rotatable bonds is 3. The lowest BCUT2D eigenvalue weighted by molar-refractivity contribution is -0.123. The number of primary amides is 1. The van der Waals surface area contributed by atoms with Crippen molar-refractivity contribution in [3.63, 3.8) is 0 Å². The van der Waals surface area contributed by atoms with Gasteiger partial charge in [0.1, 0.15) is 0 Å². The Bertz CT molecular complexity index is 447. The van der Waals surface area contributed by atoms with E-state index in [4.69, 9.17) is 5.73 Å². The zero-order valence-corrected chi connectivity index (χ0v) is 11.3. The van der Waals surface area contributed by atoms with Gasteiger partial charge < -0.3 is 11.1 Å². The van der Waals surface area contributed by atoms with Crippen molar-refractivity contribution in [2.75, 3.05) is 0 Å². The van der Waals surface area contributed by atoms with Crippen LogP contribution < -0.4 is 11.1 Å². The molecule has 1 fully saturated rings. The first kappa shape index (κ1) is 12.7. The molecule has 2 atom stereocenters. The number of carbonyl (C=O) groups is 1. The van der Waals surface area contributed by atoms with E-state index in [1.165, 1.54) is 17.5 Å². The summed E-state index contributed by atoms with van der Waals surface area (Å²) in [6, 6.07) is 9.39. The van der Waals surface area contributed by atoms with E-state index >= 15 is 0 Å². The first-order valence-corrected chi connectivity index (χ1v) is 7.36. The zero-order chi connectivity index (χ0) is 13.2. The summed E-state index contributed by atoms with van der Waals surface area (Å²) in [5.74, 6) is -0.106. The lowest BCUT2D eigenvalue weighted by Crippen LogP contribution is -2.48. The van der Waals surface area contributed by atoms with E-state index in [0.717, 1.165) is 32.1 Å². The Kier molecular flexibility index (Phi) is 3.56. The Balaban J connectivity index is 1.64. The van der Waals surface area contributed by atoms with Crippen molar-refractivity contribution in [1.29, 1.82) is 0 Å². The number of fused-ring (bicyclic) bond motifs is 1. The topological polar surface area (TPSA) is 55.1 Å². The van der Waals surface area contributed by atoms with E-state index in [9.17, 15) is 4.79 Å². The SMILES string of the molecule is NC(=O)[C@H]1CCCC[C@@H]1NC1Cc2ccccc2C1. The van der Waals surface area contributed by atoms with Crippen molar-refractivity contribution in [2.24, 2.45) is 11.7 Å². The highest BCUT2D eigenvalue weighted by Crippen LogP contribution is 2.27. The Morgan fingerprint density at radius 2 is 1.74 bits per heavy atom. The van der Waals surface area contributed by atoms with E-state index < -0.39 is 0 Å².